The van der Waals surface area contributed by atoms with E-state index in [2.05, 4.69) is 0 Å². The smallest absolute Gasteiger partial charge is 0.340 e. The van der Waals surface area contributed by atoms with Crippen molar-refractivity contribution in [3.63, 3.8) is 0 Å². The molecule has 1 aromatic carbocycles. The highest BCUT2D eigenvalue weighted by molar-refractivity contribution is 5.81. The summed E-state index contributed by atoms with van der Waals surface area (Å²) >= 11 is 0. The highest BCUT2D eigenvalue weighted by Gasteiger charge is 2.43. The quantitative estimate of drug-likeness (QED) is 0.835. The lowest BCUT2D eigenvalue weighted by Crippen LogP contribution is -2.41. The van der Waals surface area contributed by atoms with E-state index in [0.717, 1.165) is 0 Å². The number of aliphatic carboxylic acids is 1. The first kappa shape index (κ1) is 14.3. The van der Waals surface area contributed by atoms with Crippen molar-refractivity contribution in [2.45, 2.75) is 19.4 Å². The van der Waals surface area contributed by atoms with Gasteiger partial charge in [0.15, 0.2) is 5.60 Å². The molecular weight excluding hydrogens is 236 g/mol. The summed E-state index contributed by atoms with van der Waals surface area (Å²) in [6.45, 7) is 3.26. The Kier molecular flexibility index (Phi) is 4.19. The lowest BCUT2D eigenvalue weighted by molar-refractivity contribution is -0.165. The molecule has 1 atom stereocenters. The number of benzene rings is 1. The fourth-order valence-electron chi connectivity index (χ4n) is 1.79. The van der Waals surface area contributed by atoms with Crippen LogP contribution in [0.15, 0.2) is 18.2 Å². The molecule has 0 aromatic heterocycles. The summed E-state index contributed by atoms with van der Waals surface area (Å²) in [7, 11) is 2.90. The van der Waals surface area contributed by atoms with Crippen LogP contribution in [0.4, 0.5) is 0 Å². The summed E-state index contributed by atoms with van der Waals surface area (Å²) in [5.74, 6) is -1.06. The van der Waals surface area contributed by atoms with Gasteiger partial charge in [0.2, 0.25) is 0 Å². The van der Waals surface area contributed by atoms with Crippen molar-refractivity contribution in [2.24, 2.45) is 5.92 Å². The summed E-state index contributed by atoms with van der Waals surface area (Å²) < 4.78 is 10.2. The van der Waals surface area contributed by atoms with Crippen LogP contribution in [0.5, 0.6) is 11.5 Å². The van der Waals surface area contributed by atoms with Gasteiger partial charge < -0.3 is 19.7 Å². The maximum atomic E-state index is 11.4. The normalized spacial score (nSPS) is 14.1. The number of rotatable bonds is 5. The third-order valence-corrected chi connectivity index (χ3v) is 2.98. The molecular formula is C13H18O5. The molecule has 100 valence electrons. The predicted octanol–water partition coefficient (Wildman–Crippen LogP) is 1.63. The van der Waals surface area contributed by atoms with E-state index in [0.29, 0.717) is 11.5 Å². The van der Waals surface area contributed by atoms with Crippen LogP contribution in [0.1, 0.15) is 19.4 Å². The molecule has 1 aromatic rings. The van der Waals surface area contributed by atoms with Gasteiger partial charge in [-0.05, 0) is 24.1 Å². The Morgan fingerprint density at radius 1 is 1.28 bits per heavy atom. The first-order chi connectivity index (χ1) is 8.37. The van der Waals surface area contributed by atoms with E-state index in [4.69, 9.17) is 9.47 Å². The van der Waals surface area contributed by atoms with Crippen LogP contribution in [-0.2, 0) is 10.4 Å². The van der Waals surface area contributed by atoms with Crippen LogP contribution in [0.25, 0.3) is 0 Å². The van der Waals surface area contributed by atoms with Crippen molar-refractivity contribution in [3.05, 3.63) is 23.8 Å². The van der Waals surface area contributed by atoms with Crippen molar-refractivity contribution >= 4 is 5.97 Å². The van der Waals surface area contributed by atoms with Crippen LogP contribution in [0.2, 0.25) is 0 Å². The number of carboxylic acids is 1. The monoisotopic (exact) mass is 254 g/mol. The lowest BCUT2D eigenvalue weighted by Gasteiger charge is -2.29. The zero-order valence-electron chi connectivity index (χ0n) is 10.9. The molecule has 1 unspecified atom stereocenters. The molecule has 5 heteroatoms. The van der Waals surface area contributed by atoms with E-state index >= 15 is 0 Å². The van der Waals surface area contributed by atoms with Crippen LogP contribution in [-0.4, -0.2) is 30.4 Å². The average Bonchev–Trinajstić information content (AvgIpc) is 2.36. The highest BCUT2D eigenvalue weighted by Crippen LogP contribution is 2.38. The maximum absolute atomic E-state index is 11.4. The molecule has 0 fully saturated rings. The zero-order chi connectivity index (χ0) is 13.9. The molecule has 0 amide bonds. The Hall–Kier alpha value is -1.75. The van der Waals surface area contributed by atoms with Crippen molar-refractivity contribution in [3.8, 4) is 11.5 Å². The molecule has 0 saturated carbocycles. The summed E-state index contributed by atoms with van der Waals surface area (Å²) in [4.78, 5) is 11.4. The average molecular weight is 254 g/mol. The largest absolute Gasteiger partial charge is 0.497 e. The molecule has 1 rings (SSSR count). The second-order valence-electron chi connectivity index (χ2n) is 4.29. The zero-order valence-corrected chi connectivity index (χ0v) is 10.9. The fourth-order valence-corrected chi connectivity index (χ4v) is 1.79. The standard InChI is InChI=1S/C13H18O5/c1-8(2)13(16,12(14)15)10-7-9(17-3)5-6-11(10)18-4/h5-8,16H,1-4H3,(H,14,15). The van der Waals surface area contributed by atoms with E-state index in [-0.39, 0.29) is 5.56 Å². The van der Waals surface area contributed by atoms with Crippen LogP contribution < -0.4 is 9.47 Å². The third kappa shape index (κ3) is 2.26. The van der Waals surface area contributed by atoms with Crippen molar-refractivity contribution in [2.75, 3.05) is 14.2 Å². The van der Waals surface area contributed by atoms with E-state index < -0.39 is 17.5 Å². The number of hydrogen-bond acceptors (Lipinski definition) is 4. The van der Waals surface area contributed by atoms with Crippen LogP contribution in [0.3, 0.4) is 0 Å². The number of carboxylic acid groups (broad SMARTS) is 1. The molecule has 0 spiro atoms. The molecule has 5 nitrogen and oxygen atoms in total. The van der Waals surface area contributed by atoms with E-state index in [1.165, 1.54) is 20.3 Å². The van der Waals surface area contributed by atoms with Gasteiger partial charge in [-0.3, -0.25) is 0 Å². The number of ether oxygens (including phenoxy) is 2. The summed E-state index contributed by atoms with van der Waals surface area (Å²) in [6.07, 6.45) is 0. The molecule has 0 aliphatic rings. The molecule has 0 bridgehead atoms. The highest BCUT2D eigenvalue weighted by atomic mass is 16.5. The Labute approximate surface area is 106 Å². The second-order valence-corrected chi connectivity index (χ2v) is 4.29. The molecule has 0 aliphatic carbocycles. The van der Waals surface area contributed by atoms with Crippen molar-refractivity contribution in [1.82, 2.24) is 0 Å². The molecule has 18 heavy (non-hydrogen) atoms. The minimum Gasteiger partial charge on any atom is -0.497 e. The van der Waals surface area contributed by atoms with Gasteiger partial charge in [-0.1, -0.05) is 13.8 Å². The Balaban J connectivity index is 3.48. The second kappa shape index (κ2) is 5.27. The Morgan fingerprint density at radius 2 is 1.89 bits per heavy atom. The van der Waals surface area contributed by atoms with E-state index in [1.54, 1.807) is 26.0 Å². The van der Waals surface area contributed by atoms with Crippen molar-refractivity contribution < 1.29 is 24.5 Å². The lowest BCUT2D eigenvalue weighted by atomic mass is 9.83. The molecule has 2 N–H and O–H groups in total. The van der Waals surface area contributed by atoms with Gasteiger partial charge in [-0.25, -0.2) is 4.79 Å². The Bertz CT molecular complexity index is 441. The predicted molar refractivity (Wildman–Crippen MR) is 65.9 cm³/mol. The number of aliphatic hydroxyl groups is 1. The minimum atomic E-state index is -2.01. The Morgan fingerprint density at radius 3 is 2.28 bits per heavy atom. The molecule has 0 radical (unpaired) electrons. The van der Waals surface area contributed by atoms with Gasteiger partial charge in [0.25, 0.3) is 0 Å². The summed E-state index contributed by atoms with van der Waals surface area (Å²) in [6, 6.07) is 4.70. The number of hydrogen-bond donors (Lipinski definition) is 2. The number of methoxy groups -OCH3 is 2. The third-order valence-electron chi connectivity index (χ3n) is 2.98. The molecule has 0 heterocycles. The first-order valence-corrected chi connectivity index (χ1v) is 5.56. The van der Waals surface area contributed by atoms with Gasteiger partial charge in [0.1, 0.15) is 11.5 Å². The van der Waals surface area contributed by atoms with Gasteiger partial charge in [0.05, 0.1) is 14.2 Å². The SMILES string of the molecule is COc1ccc(OC)c(C(O)(C(=O)O)C(C)C)c1. The van der Waals surface area contributed by atoms with Gasteiger partial charge >= 0.3 is 5.97 Å². The van der Waals surface area contributed by atoms with E-state index in [1.807, 2.05) is 0 Å². The van der Waals surface area contributed by atoms with Crippen LogP contribution in [0, 0.1) is 5.92 Å². The molecule has 0 saturated heterocycles. The van der Waals surface area contributed by atoms with E-state index in [9.17, 15) is 15.0 Å². The van der Waals surface area contributed by atoms with Gasteiger partial charge in [0, 0.05) is 5.56 Å². The van der Waals surface area contributed by atoms with Gasteiger partial charge in [-0.15, -0.1) is 0 Å². The fraction of sp³-hybridized carbons (Fsp3) is 0.462. The maximum Gasteiger partial charge on any atom is 0.340 e. The van der Waals surface area contributed by atoms with Crippen molar-refractivity contribution in [1.29, 1.82) is 0 Å². The number of carbonyl (C=O) groups is 1. The summed E-state index contributed by atoms with van der Waals surface area (Å²) in [5, 5.41) is 19.7. The van der Waals surface area contributed by atoms with Gasteiger partial charge in [-0.2, -0.15) is 0 Å². The van der Waals surface area contributed by atoms with Crippen LogP contribution >= 0.6 is 0 Å². The first-order valence-electron chi connectivity index (χ1n) is 5.56. The minimum absolute atomic E-state index is 0.187. The summed E-state index contributed by atoms with van der Waals surface area (Å²) in [5.41, 5.74) is -1.83. The topological polar surface area (TPSA) is 76.0 Å². The molecule has 0 aliphatic heterocycles.